The zero-order valence-electron chi connectivity index (χ0n) is 15.5. The van der Waals surface area contributed by atoms with Crippen LogP contribution in [0.3, 0.4) is 0 Å². The van der Waals surface area contributed by atoms with E-state index in [4.69, 9.17) is 4.74 Å². The molecule has 1 N–H and O–H groups in total. The van der Waals surface area contributed by atoms with E-state index in [2.05, 4.69) is 4.99 Å². The molecule has 0 unspecified atom stereocenters. The second-order valence-electron chi connectivity index (χ2n) is 7.57. The first-order valence-electron chi connectivity index (χ1n) is 8.86. The number of hydrogen-bond donors (Lipinski definition) is 1. The Balaban J connectivity index is 1.76. The molecule has 0 spiro atoms. The highest BCUT2D eigenvalue weighted by Gasteiger charge is 2.32. The van der Waals surface area contributed by atoms with E-state index in [1.165, 1.54) is 22.7 Å². The topological polar surface area (TPSA) is 96.3 Å². The quantitative estimate of drug-likeness (QED) is 0.795. The predicted octanol–water partition coefficient (Wildman–Crippen LogP) is 2.61. The summed E-state index contributed by atoms with van der Waals surface area (Å²) in [6, 6.07) is 6.16. The molecule has 0 amide bonds. The van der Waals surface area contributed by atoms with Crippen molar-refractivity contribution in [3.63, 3.8) is 0 Å². The molecule has 0 aromatic heterocycles. The molecule has 3 rings (SSSR count). The Bertz CT molecular complexity index is 879. The van der Waals surface area contributed by atoms with Crippen LogP contribution in [0.4, 0.5) is 5.69 Å². The zero-order chi connectivity index (χ0) is 19.7. The van der Waals surface area contributed by atoms with Crippen LogP contribution in [-0.4, -0.2) is 56.1 Å². The van der Waals surface area contributed by atoms with Gasteiger partial charge in [0, 0.05) is 32.1 Å². The minimum absolute atomic E-state index is 0.0477. The average molecular weight is 392 g/mol. The Kier molecular flexibility index (Phi) is 5.50. The number of ether oxygens (including phenoxy) is 1. The van der Waals surface area contributed by atoms with Crippen LogP contribution in [0.2, 0.25) is 0 Å². The van der Waals surface area contributed by atoms with E-state index in [0.717, 1.165) is 0 Å². The van der Waals surface area contributed by atoms with Crippen molar-refractivity contribution in [1.82, 2.24) is 4.31 Å². The maximum atomic E-state index is 12.6. The molecule has 2 aliphatic rings. The molecule has 0 radical (unpaired) electrons. The van der Waals surface area contributed by atoms with E-state index in [0.29, 0.717) is 44.8 Å². The molecular formula is C19H24N2O5S. The Hall–Kier alpha value is -2.03. The van der Waals surface area contributed by atoms with Crippen LogP contribution in [0, 0.1) is 5.41 Å². The fourth-order valence-electron chi connectivity index (χ4n) is 3.23. The highest BCUT2D eigenvalue weighted by atomic mass is 32.2. The number of aliphatic imine (C=N–C) groups is 1. The van der Waals surface area contributed by atoms with Gasteiger partial charge in [-0.25, -0.2) is 8.42 Å². The molecule has 1 heterocycles. The highest BCUT2D eigenvalue weighted by Crippen LogP contribution is 2.35. The van der Waals surface area contributed by atoms with E-state index in [9.17, 15) is 18.3 Å². The molecule has 1 aliphatic carbocycles. The molecular weight excluding hydrogens is 368 g/mol. The van der Waals surface area contributed by atoms with Gasteiger partial charge in [0.2, 0.25) is 10.0 Å². The molecule has 1 saturated heterocycles. The molecule has 1 aromatic carbocycles. The number of Topliss-reactive ketones (excluding diaryl/α,β-unsaturated/α-hetero) is 1. The number of carbonyl (C=O) groups excluding carboxylic acids is 1. The van der Waals surface area contributed by atoms with E-state index in [1.807, 2.05) is 13.8 Å². The van der Waals surface area contributed by atoms with Gasteiger partial charge < -0.3 is 9.84 Å². The van der Waals surface area contributed by atoms with Crippen LogP contribution in [-0.2, 0) is 19.6 Å². The van der Waals surface area contributed by atoms with E-state index >= 15 is 0 Å². The van der Waals surface area contributed by atoms with Gasteiger partial charge in [0.25, 0.3) is 0 Å². The van der Waals surface area contributed by atoms with Gasteiger partial charge in [-0.2, -0.15) is 4.31 Å². The van der Waals surface area contributed by atoms with Gasteiger partial charge in [-0.3, -0.25) is 9.79 Å². The Morgan fingerprint density at radius 3 is 2.37 bits per heavy atom. The molecule has 0 saturated carbocycles. The summed E-state index contributed by atoms with van der Waals surface area (Å²) in [7, 11) is -3.55. The number of morpholine rings is 1. The van der Waals surface area contributed by atoms with Gasteiger partial charge in [-0.1, -0.05) is 13.8 Å². The lowest BCUT2D eigenvalue weighted by Crippen LogP contribution is -2.40. The fraction of sp³-hybridized carbons (Fsp3) is 0.474. The van der Waals surface area contributed by atoms with Gasteiger partial charge in [-0.15, -0.1) is 0 Å². The summed E-state index contributed by atoms with van der Waals surface area (Å²) in [5.41, 5.74) is 0.474. The van der Waals surface area contributed by atoms with E-state index in [1.54, 1.807) is 12.1 Å². The lowest BCUT2D eigenvalue weighted by molar-refractivity contribution is -0.117. The normalized spacial score (nSPS) is 21.8. The summed E-state index contributed by atoms with van der Waals surface area (Å²) in [5.74, 6) is -0.0921. The number of aliphatic hydroxyl groups excluding tert-OH is 1. The molecule has 0 bridgehead atoms. The third kappa shape index (κ3) is 4.45. The van der Waals surface area contributed by atoms with Crippen LogP contribution in [0.25, 0.3) is 0 Å². The first-order valence-corrected chi connectivity index (χ1v) is 10.3. The van der Waals surface area contributed by atoms with Gasteiger partial charge in [0.05, 0.1) is 29.4 Å². The van der Waals surface area contributed by atoms with Crippen molar-refractivity contribution in [3.05, 3.63) is 35.6 Å². The summed E-state index contributed by atoms with van der Waals surface area (Å²) in [6.07, 6.45) is 2.14. The number of ketones is 1. The van der Waals surface area contributed by atoms with Crippen LogP contribution >= 0.6 is 0 Å². The molecule has 146 valence electrons. The van der Waals surface area contributed by atoms with E-state index in [-0.39, 0.29) is 27.4 Å². The molecule has 1 aromatic rings. The summed E-state index contributed by atoms with van der Waals surface area (Å²) in [5, 5.41) is 10.1. The SMILES string of the molecule is CC1(C)CC(=O)C(C=Nc2ccc(S(=O)(=O)N3CCOCC3)cc2)=C(O)C1. The number of rotatable bonds is 4. The van der Waals surface area contributed by atoms with Gasteiger partial charge in [0.15, 0.2) is 5.78 Å². The summed E-state index contributed by atoms with van der Waals surface area (Å²) >= 11 is 0. The smallest absolute Gasteiger partial charge is 0.243 e. The van der Waals surface area contributed by atoms with Crippen molar-refractivity contribution in [1.29, 1.82) is 0 Å². The van der Waals surface area contributed by atoms with Crippen molar-refractivity contribution in [3.8, 4) is 0 Å². The molecule has 8 heteroatoms. The second kappa shape index (κ2) is 7.53. The zero-order valence-corrected chi connectivity index (χ0v) is 16.3. The lowest BCUT2D eigenvalue weighted by Gasteiger charge is -2.28. The predicted molar refractivity (Wildman–Crippen MR) is 102 cm³/mol. The van der Waals surface area contributed by atoms with Crippen LogP contribution in [0.1, 0.15) is 26.7 Å². The number of sulfonamides is 1. The van der Waals surface area contributed by atoms with Crippen molar-refractivity contribution in [2.24, 2.45) is 10.4 Å². The molecule has 7 nitrogen and oxygen atoms in total. The Labute approximate surface area is 159 Å². The number of hydrogen-bond acceptors (Lipinski definition) is 6. The first kappa shape index (κ1) is 19.7. The van der Waals surface area contributed by atoms with Crippen molar-refractivity contribution < 1.29 is 23.1 Å². The van der Waals surface area contributed by atoms with Crippen LogP contribution < -0.4 is 0 Å². The Morgan fingerprint density at radius 2 is 1.78 bits per heavy atom. The third-order valence-corrected chi connectivity index (χ3v) is 6.60. The number of aliphatic hydroxyl groups is 1. The van der Waals surface area contributed by atoms with Gasteiger partial charge in [0.1, 0.15) is 5.76 Å². The van der Waals surface area contributed by atoms with Crippen molar-refractivity contribution in [2.75, 3.05) is 26.3 Å². The second-order valence-corrected chi connectivity index (χ2v) is 9.51. The minimum atomic E-state index is -3.55. The maximum absolute atomic E-state index is 12.6. The third-order valence-electron chi connectivity index (χ3n) is 4.68. The molecule has 1 fully saturated rings. The first-order chi connectivity index (χ1) is 12.7. The maximum Gasteiger partial charge on any atom is 0.243 e. The van der Waals surface area contributed by atoms with Crippen molar-refractivity contribution >= 4 is 27.7 Å². The fourth-order valence-corrected chi connectivity index (χ4v) is 4.64. The van der Waals surface area contributed by atoms with Crippen molar-refractivity contribution in [2.45, 2.75) is 31.6 Å². The molecule has 0 atom stereocenters. The number of benzene rings is 1. The summed E-state index contributed by atoms with van der Waals surface area (Å²) in [6.45, 7) is 5.34. The number of allylic oxidation sites excluding steroid dienone is 2. The standard InChI is InChI=1S/C19H24N2O5S/c1-19(2)11-17(22)16(18(23)12-19)13-20-14-3-5-15(6-4-14)27(24,25)21-7-9-26-10-8-21/h3-6,13,22H,7-12H2,1-2H3. The number of carbonyl (C=O) groups is 1. The largest absolute Gasteiger partial charge is 0.511 e. The van der Waals surface area contributed by atoms with Crippen LogP contribution in [0.15, 0.2) is 45.5 Å². The van der Waals surface area contributed by atoms with E-state index < -0.39 is 10.0 Å². The molecule has 1 aliphatic heterocycles. The summed E-state index contributed by atoms with van der Waals surface area (Å²) < 4.78 is 31.8. The highest BCUT2D eigenvalue weighted by molar-refractivity contribution is 7.89. The average Bonchev–Trinajstić information content (AvgIpc) is 2.61. The van der Waals surface area contributed by atoms with Crippen LogP contribution in [0.5, 0.6) is 0 Å². The minimum Gasteiger partial charge on any atom is -0.511 e. The number of nitrogens with zero attached hydrogens (tertiary/aromatic N) is 2. The lowest BCUT2D eigenvalue weighted by atomic mass is 9.77. The Morgan fingerprint density at radius 1 is 1.15 bits per heavy atom. The van der Waals surface area contributed by atoms with Gasteiger partial charge >= 0.3 is 0 Å². The monoisotopic (exact) mass is 392 g/mol. The van der Waals surface area contributed by atoms with Gasteiger partial charge in [-0.05, 0) is 29.7 Å². The summed E-state index contributed by atoms with van der Waals surface area (Å²) in [4.78, 5) is 16.6. The molecule has 27 heavy (non-hydrogen) atoms.